The minimum Gasteiger partial charge on any atom is -0.212 e. The van der Waals surface area contributed by atoms with Crippen LogP contribution in [0.4, 0.5) is 8.78 Å². The molecule has 90 valence electrons. The van der Waals surface area contributed by atoms with Crippen molar-refractivity contribution in [1.82, 2.24) is 4.31 Å². The molecule has 0 fully saturated rings. The minimum atomic E-state index is -3.36. The summed E-state index contributed by atoms with van der Waals surface area (Å²) in [5.41, 5.74) is 0.409. The normalized spacial score (nSPS) is 14.1. The fourth-order valence-electron chi connectivity index (χ4n) is 1.27. The lowest BCUT2D eigenvalue weighted by atomic mass is 10.1. The first-order valence-electron chi connectivity index (χ1n) is 4.61. The second kappa shape index (κ2) is 4.47. The second-order valence-electron chi connectivity index (χ2n) is 3.63. The number of hydrogen-bond donors (Lipinski definition) is 0. The monoisotopic (exact) mass is 249 g/mol. The molecule has 0 radical (unpaired) electrons. The largest absolute Gasteiger partial charge is 0.212 e. The Morgan fingerprint density at radius 2 is 1.81 bits per heavy atom. The fourth-order valence-corrected chi connectivity index (χ4v) is 1.97. The highest BCUT2D eigenvalue weighted by molar-refractivity contribution is 7.88. The van der Waals surface area contributed by atoms with Gasteiger partial charge >= 0.3 is 0 Å². The van der Waals surface area contributed by atoms with Gasteiger partial charge in [0, 0.05) is 13.1 Å². The Morgan fingerprint density at radius 3 is 2.25 bits per heavy atom. The van der Waals surface area contributed by atoms with Crippen molar-refractivity contribution in [2.24, 2.45) is 0 Å². The zero-order chi connectivity index (χ0) is 12.5. The van der Waals surface area contributed by atoms with Gasteiger partial charge in [0.25, 0.3) is 0 Å². The molecule has 0 aliphatic heterocycles. The third kappa shape index (κ3) is 2.76. The average molecular weight is 249 g/mol. The van der Waals surface area contributed by atoms with E-state index in [0.29, 0.717) is 5.56 Å². The summed E-state index contributed by atoms with van der Waals surface area (Å²) in [5, 5.41) is 0. The summed E-state index contributed by atoms with van der Waals surface area (Å²) in [7, 11) is -1.97. The van der Waals surface area contributed by atoms with E-state index in [0.717, 1.165) is 22.7 Å². The van der Waals surface area contributed by atoms with Crippen molar-refractivity contribution in [3.8, 4) is 0 Å². The van der Waals surface area contributed by atoms with Crippen molar-refractivity contribution < 1.29 is 17.2 Å². The van der Waals surface area contributed by atoms with Gasteiger partial charge in [-0.05, 0) is 24.6 Å². The van der Waals surface area contributed by atoms with Crippen molar-refractivity contribution in [3.05, 3.63) is 35.4 Å². The van der Waals surface area contributed by atoms with Crippen LogP contribution < -0.4 is 0 Å². The van der Waals surface area contributed by atoms with Gasteiger partial charge in [-0.25, -0.2) is 17.2 Å². The van der Waals surface area contributed by atoms with Crippen LogP contribution in [-0.2, 0) is 10.0 Å². The van der Waals surface area contributed by atoms with E-state index in [1.807, 2.05) is 0 Å². The highest BCUT2D eigenvalue weighted by Gasteiger charge is 2.20. The highest BCUT2D eigenvalue weighted by atomic mass is 32.2. The molecule has 0 unspecified atom stereocenters. The van der Waals surface area contributed by atoms with E-state index >= 15 is 0 Å². The average Bonchev–Trinajstić information content (AvgIpc) is 2.18. The Labute approximate surface area is 93.7 Å². The van der Waals surface area contributed by atoms with E-state index in [1.165, 1.54) is 13.1 Å². The van der Waals surface area contributed by atoms with Crippen LogP contribution >= 0.6 is 0 Å². The lowest BCUT2D eigenvalue weighted by Crippen LogP contribution is -2.28. The van der Waals surface area contributed by atoms with Gasteiger partial charge in [-0.2, -0.15) is 4.31 Å². The lowest BCUT2D eigenvalue weighted by molar-refractivity contribution is 0.399. The van der Waals surface area contributed by atoms with Crippen LogP contribution in [0.25, 0.3) is 0 Å². The predicted octanol–water partition coefficient (Wildman–Crippen LogP) is 1.92. The van der Waals surface area contributed by atoms with E-state index in [9.17, 15) is 17.2 Å². The molecule has 1 rings (SSSR count). The molecule has 16 heavy (non-hydrogen) atoms. The van der Waals surface area contributed by atoms with Gasteiger partial charge in [0.2, 0.25) is 10.0 Å². The predicted molar refractivity (Wildman–Crippen MR) is 57.4 cm³/mol. The van der Waals surface area contributed by atoms with Gasteiger partial charge in [-0.1, -0.05) is 6.07 Å². The zero-order valence-electron chi connectivity index (χ0n) is 9.24. The van der Waals surface area contributed by atoms with Gasteiger partial charge < -0.3 is 0 Å². The van der Waals surface area contributed by atoms with Crippen LogP contribution in [0, 0.1) is 11.6 Å². The second-order valence-corrected chi connectivity index (χ2v) is 5.67. The Balaban J connectivity index is 3.06. The molecule has 1 atom stereocenters. The molecule has 6 heteroatoms. The number of hydrogen-bond acceptors (Lipinski definition) is 2. The molecule has 0 saturated carbocycles. The molecule has 0 heterocycles. The lowest BCUT2D eigenvalue weighted by Gasteiger charge is -2.22. The van der Waals surface area contributed by atoms with E-state index in [2.05, 4.69) is 0 Å². The maximum absolute atomic E-state index is 13.0. The summed E-state index contributed by atoms with van der Waals surface area (Å²) < 4.78 is 49.3. The summed E-state index contributed by atoms with van der Waals surface area (Å²) >= 11 is 0. The Hall–Kier alpha value is -1.01. The maximum Gasteiger partial charge on any atom is 0.211 e. The molecule has 0 saturated heterocycles. The van der Waals surface area contributed by atoms with Crippen molar-refractivity contribution >= 4 is 10.0 Å². The third-order valence-corrected chi connectivity index (χ3v) is 3.86. The SMILES string of the molecule is C[C@H](c1ccc(F)c(F)c1)N(C)S(C)(=O)=O. The number of halogens is 2. The number of benzene rings is 1. The Kier molecular flexibility index (Phi) is 3.64. The van der Waals surface area contributed by atoms with Gasteiger partial charge in [-0.3, -0.25) is 0 Å². The summed E-state index contributed by atoms with van der Waals surface area (Å²) in [4.78, 5) is 0. The Bertz CT molecular complexity index is 488. The van der Waals surface area contributed by atoms with Crippen molar-refractivity contribution in [3.63, 3.8) is 0 Å². The highest BCUT2D eigenvalue weighted by Crippen LogP contribution is 2.22. The number of rotatable bonds is 3. The topological polar surface area (TPSA) is 37.4 Å². The van der Waals surface area contributed by atoms with Crippen molar-refractivity contribution in [1.29, 1.82) is 0 Å². The summed E-state index contributed by atoms with van der Waals surface area (Å²) in [6.45, 7) is 1.60. The van der Waals surface area contributed by atoms with Gasteiger partial charge in [0.15, 0.2) is 11.6 Å². The van der Waals surface area contributed by atoms with Gasteiger partial charge in [0.05, 0.1) is 6.26 Å². The van der Waals surface area contributed by atoms with Crippen molar-refractivity contribution in [2.45, 2.75) is 13.0 Å². The first-order chi connectivity index (χ1) is 7.23. The minimum absolute atomic E-state index is 0.409. The molecule has 0 aromatic heterocycles. The van der Waals surface area contributed by atoms with E-state index in [4.69, 9.17) is 0 Å². The quantitative estimate of drug-likeness (QED) is 0.820. The standard InChI is InChI=1S/C10H13F2NO2S/c1-7(13(2)16(3,14)15)8-4-5-9(11)10(12)6-8/h4-7H,1-3H3/t7-/m1/s1. The van der Waals surface area contributed by atoms with Crippen LogP contribution in [0.5, 0.6) is 0 Å². The molecular formula is C10H13F2NO2S. The van der Waals surface area contributed by atoms with Crippen LogP contribution in [0.3, 0.4) is 0 Å². The van der Waals surface area contributed by atoms with Crippen LogP contribution in [0.2, 0.25) is 0 Å². The summed E-state index contributed by atoms with van der Waals surface area (Å²) in [5.74, 6) is -1.93. The van der Waals surface area contributed by atoms with Gasteiger partial charge in [-0.15, -0.1) is 0 Å². The first-order valence-corrected chi connectivity index (χ1v) is 6.46. The van der Waals surface area contributed by atoms with Crippen molar-refractivity contribution in [2.75, 3.05) is 13.3 Å². The summed E-state index contributed by atoms with van der Waals surface area (Å²) in [6, 6.07) is 2.81. The molecular weight excluding hydrogens is 236 g/mol. The molecule has 0 aliphatic carbocycles. The smallest absolute Gasteiger partial charge is 0.211 e. The van der Waals surface area contributed by atoms with Gasteiger partial charge in [0.1, 0.15) is 0 Å². The van der Waals surface area contributed by atoms with E-state index in [1.54, 1.807) is 6.92 Å². The molecule has 3 nitrogen and oxygen atoms in total. The van der Waals surface area contributed by atoms with Crippen LogP contribution in [0.15, 0.2) is 18.2 Å². The molecule has 0 N–H and O–H groups in total. The van der Waals surface area contributed by atoms with Crippen LogP contribution in [0.1, 0.15) is 18.5 Å². The third-order valence-electron chi connectivity index (χ3n) is 2.49. The molecule has 1 aromatic carbocycles. The maximum atomic E-state index is 13.0. The molecule has 0 amide bonds. The zero-order valence-corrected chi connectivity index (χ0v) is 10.1. The fraction of sp³-hybridized carbons (Fsp3) is 0.400. The summed E-state index contributed by atoms with van der Waals surface area (Å²) in [6.07, 6.45) is 1.06. The molecule has 1 aromatic rings. The first kappa shape index (κ1) is 13.1. The molecule has 0 bridgehead atoms. The van der Waals surface area contributed by atoms with E-state index < -0.39 is 27.7 Å². The van der Waals surface area contributed by atoms with Crippen LogP contribution in [-0.4, -0.2) is 26.0 Å². The molecule has 0 spiro atoms. The Morgan fingerprint density at radius 1 is 1.25 bits per heavy atom. The molecule has 0 aliphatic rings. The number of nitrogens with zero attached hydrogens (tertiary/aromatic N) is 1. The number of sulfonamides is 1. The van der Waals surface area contributed by atoms with E-state index in [-0.39, 0.29) is 0 Å².